The minimum absolute atomic E-state index is 0.149. The molecule has 1 aliphatic carbocycles. The van der Waals surface area contributed by atoms with Gasteiger partial charge in [-0.2, -0.15) is 0 Å². The number of aliphatic carboxylic acids is 1. The lowest BCUT2D eigenvalue weighted by molar-refractivity contribution is -0.142. The average molecular weight is 225 g/mol. The maximum Gasteiger partial charge on any atom is 0.308 e. The minimum atomic E-state index is -0.620. The first kappa shape index (κ1) is 11.9. The number of likely N-dealkylation sites (tertiary alicyclic amines) is 1. The Bertz CT molecular complexity index is 263. The number of hydrogen-bond acceptors (Lipinski definition) is 2. The largest absolute Gasteiger partial charge is 0.481 e. The quantitative estimate of drug-likeness (QED) is 0.798. The maximum atomic E-state index is 11.0. The topological polar surface area (TPSA) is 40.5 Å². The van der Waals surface area contributed by atoms with E-state index in [1.165, 1.54) is 25.7 Å². The predicted octanol–water partition coefficient (Wildman–Crippen LogP) is 2.36. The molecule has 3 nitrogen and oxygen atoms in total. The van der Waals surface area contributed by atoms with Gasteiger partial charge in [0.25, 0.3) is 0 Å². The summed E-state index contributed by atoms with van der Waals surface area (Å²) in [4.78, 5) is 13.4. The van der Waals surface area contributed by atoms with Crippen LogP contribution in [0.4, 0.5) is 0 Å². The molecule has 2 rings (SSSR count). The molecule has 0 bridgehead atoms. The summed E-state index contributed by atoms with van der Waals surface area (Å²) >= 11 is 0. The molecule has 0 amide bonds. The molecule has 0 aromatic heterocycles. The predicted molar refractivity (Wildman–Crippen MR) is 63.3 cm³/mol. The molecule has 3 heteroatoms. The standard InChI is InChI=1S/C13H23NO2/c1-9(8-11-4-3-5-11)14-7-6-12(10(14)2)13(15)16/h9-12H,3-8H2,1-2H3,(H,15,16). The van der Waals surface area contributed by atoms with Crippen LogP contribution in [0.15, 0.2) is 0 Å². The second-order valence-corrected chi connectivity index (χ2v) is 5.59. The highest BCUT2D eigenvalue weighted by molar-refractivity contribution is 5.71. The third-order valence-electron chi connectivity index (χ3n) is 4.59. The van der Waals surface area contributed by atoms with Crippen molar-refractivity contribution in [3.8, 4) is 0 Å². The second kappa shape index (κ2) is 4.74. The molecule has 2 fully saturated rings. The van der Waals surface area contributed by atoms with E-state index in [2.05, 4.69) is 18.7 Å². The normalized spacial score (nSPS) is 33.6. The van der Waals surface area contributed by atoms with Gasteiger partial charge in [-0.1, -0.05) is 19.3 Å². The van der Waals surface area contributed by atoms with Crippen LogP contribution in [0.1, 0.15) is 46.0 Å². The van der Waals surface area contributed by atoms with Crippen LogP contribution in [0.2, 0.25) is 0 Å². The zero-order valence-electron chi connectivity index (χ0n) is 10.4. The minimum Gasteiger partial charge on any atom is -0.481 e. The Labute approximate surface area is 97.8 Å². The summed E-state index contributed by atoms with van der Waals surface area (Å²) in [5.41, 5.74) is 0. The maximum absolute atomic E-state index is 11.0. The van der Waals surface area contributed by atoms with Crippen LogP contribution >= 0.6 is 0 Å². The molecule has 92 valence electrons. The van der Waals surface area contributed by atoms with Crippen molar-refractivity contribution >= 4 is 5.97 Å². The van der Waals surface area contributed by atoms with Crippen molar-refractivity contribution < 1.29 is 9.90 Å². The fourth-order valence-corrected chi connectivity index (χ4v) is 3.26. The first-order valence-corrected chi connectivity index (χ1v) is 6.58. The molecular weight excluding hydrogens is 202 g/mol. The summed E-state index contributed by atoms with van der Waals surface area (Å²) in [5, 5.41) is 9.10. The average Bonchev–Trinajstić information content (AvgIpc) is 2.53. The van der Waals surface area contributed by atoms with E-state index in [4.69, 9.17) is 5.11 Å². The van der Waals surface area contributed by atoms with E-state index in [0.29, 0.717) is 6.04 Å². The van der Waals surface area contributed by atoms with Gasteiger partial charge < -0.3 is 5.11 Å². The lowest BCUT2D eigenvalue weighted by atomic mass is 9.81. The van der Waals surface area contributed by atoms with E-state index < -0.39 is 5.97 Å². The van der Waals surface area contributed by atoms with Gasteiger partial charge in [0, 0.05) is 12.1 Å². The molecule has 1 heterocycles. The number of carboxylic acids is 1. The Hall–Kier alpha value is -0.570. The molecule has 3 unspecified atom stereocenters. The highest BCUT2D eigenvalue weighted by Gasteiger charge is 2.38. The SMILES string of the molecule is CC(CC1CCC1)N1CCC(C(=O)O)C1C. The van der Waals surface area contributed by atoms with Crippen LogP contribution < -0.4 is 0 Å². The van der Waals surface area contributed by atoms with E-state index in [0.717, 1.165) is 18.9 Å². The Balaban J connectivity index is 1.87. The van der Waals surface area contributed by atoms with Gasteiger partial charge in [-0.25, -0.2) is 0 Å². The van der Waals surface area contributed by atoms with Crippen LogP contribution in [-0.4, -0.2) is 34.6 Å². The third kappa shape index (κ3) is 2.24. The number of carbonyl (C=O) groups is 1. The van der Waals surface area contributed by atoms with E-state index in [1.807, 2.05) is 0 Å². The van der Waals surface area contributed by atoms with Crippen molar-refractivity contribution in [3.63, 3.8) is 0 Å². The van der Waals surface area contributed by atoms with Crippen molar-refractivity contribution in [2.45, 2.75) is 58.0 Å². The molecule has 1 N–H and O–H groups in total. The molecule has 3 atom stereocenters. The summed E-state index contributed by atoms with van der Waals surface area (Å²) in [6.07, 6.45) is 6.25. The second-order valence-electron chi connectivity index (χ2n) is 5.59. The Morgan fingerprint density at radius 2 is 2.12 bits per heavy atom. The molecule has 1 aliphatic heterocycles. The smallest absolute Gasteiger partial charge is 0.308 e. The van der Waals surface area contributed by atoms with Gasteiger partial charge in [-0.05, 0) is 39.2 Å². The van der Waals surface area contributed by atoms with E-state index >= 15 is 0 Å². The fourth-order valence-electron chi connectivity index (χ4n) is 3.26. The van der Waals surface area contributed by atoms with Gasteiger partial charge in [0.1, 0.15) is 0 Å². The van der Waals surface area contributed by atoms with Gasteiger partial charge >= 0.3 is 5.97 Å². The van der Waals surface area contributed by atoms with Gasteiger partial charge in [0.05, 0.1) is 5.92 Å². The van der Waals surface area contributed by atoms with Crippen molar-refractivity contribution in [2.24, 2.45) is 11.8 Å². The van der Waals surface area contributed by atoms with Crippen molar-refractivity contribution in [3.05, 3.63) is 0 Å². The van der Waals surface area contributed by atoms with Gasteiger partial charge in [-0.3, -0.25) is 9.69 Å². The highest BCUT2D eigenvalue weighted by Crippen LogP contribution is 2.34. The van der Waals surface area contributed by atoms with Gasteiger partial charge in [-0.15, -0.1) is 0 Å². The number of carboxylic acid groups (broad SMARTS) is 1. The summed E-state index contributed by atoms with van der Waals surface area (Å²) in [6.45, 7) is 5.30. The van der Waals surface area contributed by atoms with Crippen molar-refractivity contribution in [1.82, 2.24) is 4.90 Å². The van der Waals surface area contributed by atoms with Crippen LogP contribution in [0, 0.1) is 11.8 Å². The molecule has 0 radical (unpaired) electrons. The van der Waals surface area contributed by atoms with Gasteiger partial charge in [0.2, 0.25) is 0 Å². The number of rotatable bonds is 4. The summed E-state index contributed by atoms with van der Waals surface area (Å²) in [6, 6.07) is 0.775. The zero-order valence-corrected chi connectivity index (χ0v) is 10.4. The summed E-state index contributed by atoms with van der Waals surface area (Å²) in [5.74, 6) is 0.140. The zero-order chi connectivity index (χ0) is 11.7. The molecule has 2 aliphatic rings. The first-order chi connectivity index (χ1) is 7.59. The number of hydrogen-bond donors (Lipinski definition) is 1. The molecule has 16 heavy (non-hydrogen) atoms. The van der Waals surface area contributed by atoms with Crippen LogP contribution in [0.3, 0.4) is 0 Å². The van der Waals surface area contributed by atoms with E-state index in [9.17, 15) is 4.79 Å². The Morgan fingerprint density at radius 3 is 2.56 bits per heavy atom. The van der Waals surface area contributed by atoms with E-state index in [1.54, 1.807) is 0 Å². The van der Waals surface area contributed by atoms with Crippen LogP contribution in [-0.2, 0) is 4.79 Å². The summed E-state index contributed by atoms with van der Waals surface area (Å²) < 4.78 is 0. The van der Waals surface area contributed by atoms with Crippen molar-refractivity contribution in [2.75, 3.05) is 6.54 Å². The van der Waals surface area contributed by atoms with Crippen LogP contribution in [0.5, 0.6) is 0 Å². The Kier molecular flexibility index (Phi) is 3.53. The Morgan fingerprint density at radius 1 is 1.44 bits per heavy atom. The molecular formula is C13H23NO2. The summed E-state index contributed by atoms with van der Waals surface area (Å²) in [7, 11) is 0. The molecule has 1 saturated heterocycles. The molecule has 0 aromatic rings. The third-order valence-corrected chi connectivity index (χ3v) is 4.59. The lowest BCUT2D eigenvalue weighted by Gasteiger charge is -2.35. The fraction of sp³-hybridized carbons (Fsp3) is 0.923. The van der Waals surface area contributed by atoms with Crippen LogP contribution in [0.25, 0.3) is 0 Å². The number of nitrogens with zero attached hydrogens (tertiary/aromatic N) is 1. The van der Waals surface area contributed by atoms with Crippen molar-refractivity contribution in [1.29, 1.82) is 0 Å². The lowest BCUT2D eigenvalue weighted by Crippen LogP contribution is -2.40. The highest BCUT2D eigenvalue weighted by atomic mass is 16.4. The monoisotopic (exact) mass is 225 g/mol. The molecule has 1 saturated carbocycles. The molecule has 0 spiro atoms. The van der Waals surface area contributed by atoms with E-state index in [-0.39, 0.29) is 12.0 Å². The molecule has 0 aromatic carbocycles. The van der Waals surface area contributed by atoms with Gasteiger partial charge in [0.15, 0.2) is 0 Å². The first-order valence-electron chi connectivity index (χ1n) is 6.58.